The molecular weight excluding hydrogens is 470 g/mol. The zero-order valence-electron chi connectivity index (χ0n) is 15.1. The van der Waals surface area contributed by atoms with Crippen molar-refractivity contribution in [3.63, 3.8) is 0 Å². The zero-order valence-corrected chi connectivity index (χ0v) is 17.4. The lowest BCUT2D eigenvalue weighted by atomic mass is 9.87. The van der Waals surface area contributed by atoms with Gasteiger partial charge in [0, 0.05) is 37.7 Å². The minimum atomic E-state index is -4.32. The molecule has 8 heteroatoms. The summed E-state index contributed by atoms with van der Waals surface area (Å²) in [7, 11) is 1.74. The number of hydrogen-bond donors (Lipinski definition) is 1. The Labute approximate surface area is 174 Å². The van der Waals surface area contributed by atoms with Crippen LogP contribution in [-0.4, -0.2) is 50.8 Å². The number of ether oxygens (including phenoxy) is 1. The maximum atomic E-state index is 12.5. The number of guanidine groups is 1. The Hall–Kier alpha value is -1.47. The normalized spacial score (nSPS) is 22.4. The summed E-state index contributed by atoms with van der Waals surface area (Å²) in [6.45, 7) is 3.90. The lowest BCUT2D eigenvalue weighted by Gasteiger charge is -2.24. The van der Waals surface area contributed by atoms with Gasteiger partial charge < -0.3 is 15.0 Å². The van der Waals surface area contributed by atoms with Crippen LogP contribution in [0.25, 0.3) is 0 Å². The molecule has 27 heavy (non-hydrogen) atoms. The fourth-order valence-corrected chi connectivity index (χ4v) is 3.43. The number of alkyl halides is 3. The van der Waals surface area contributed by atoms with E-state index in [0.717, 1.165) is 57.2 Å². The van der Waals surface area contributed by atoms with Crippen molar-refractivity contribution < 1.29 is 17.9 Å². The molecule has 1 unspecified atom stereocenters. The van der Waals surface area contributed by atoms with Gasteiger partial charge in [-0.3, -0.25) is 4.99 Å². The molecule has 0 saturated carbocycles. The number of aliphatic imine (C=N–C) groups is 1. The minimum absolute atomic E-state index is 0. The Balaban J connectivity index is 0.00000261. The van der Waals surface area contributed by atoms with Gasteiger partial charge in [-0.25, -0.2) is 0 Å². The van der Waals surface area contributed by atoms with Crippen molar-refractivity contribution in [2.24, 2.45) is 10.4 Å². The second kappa shape index (κ2) is 9.15. The first-order chi connectivity index (χ1) is 12.4. The number of likely N-dealkylation sites (tertiary alicyclic amines) is 1. The van der Waals surface area contributed by atoms with Crippen LogP contribution in [0.15, 0.2) is 29.3 Å². The zero-order chi connectivity index (χ0) is 18.6. The lowest BCUT2D eigenvalue weighted by molar-refractivity contribution is -0.137. The fraction of sp³-hybridized carbons (Fsp3) is 0.526. The molecule has 2 saturated heterocycles. The van der Waals surface area contributed by atoms with Gasteiger partial charge in [-0.15, -0.1) is 24.0 Å². The summed E-state index contributed by atoms with van der Waals surface area (Å²) in [4.78, 5) is 6.52. The van der Waals surface area contributed by atoms with E-state index in [1.807, 2.05) is 0 Å². The van der Waals surface area contributed by atoms with Crippen LogP contribution in [-0.2, 0) is 10.9 Å². The molecule has 2 fully saturated rings. The topological polar surface area (TPSA) is 36.9 Å². The van der Waals surface area contributed by atoms with E-state index in [0.29, 0.717) is 12.1 Å². The van der Waals surface area contributed by atoms with E-state index < -0.39 is 11.7 Å². The molecule has 1 N–H and O–H groups in total. The molecule has 0 radical (unpaired) electrons. The Morgan fingerprint density at radius 3 is 2.63 bits per heavy atom. The number of rotatable bonds is 1. The maximum absolute atomic E-state index is 12.5. The van der Waals surface area contributed by atoms with Crippen LogP contribution < -0.4 is 5.32 Å². The van der Waals surface area contributed by atoms with Crippen molar-refractivity contribution in [1.82, 2.24) is 10.2 Å². The molecule has 0 aliphatic carbocycles. The number of nitrogens with one attached hydrogen (secondary N) is 1. The number of halogens is 4. The molecule has 0 aromatic heterocycles. The summed E-state index contributed by atoms with van der Waals surface area (Å²) in [5.41, 5.74) is 0.141. The van der Waals surface area contributed by atoms with E-state index in [1.165, 1.54) is 12.1 Å². The molecule has 2 heterocycles. The highest BCUT2D eigenvalue weighted by Gasteiger charge is 2.42. The summed E-state index contributed by atoms with van der Waals surface area (Å²) in [5, 5.41) is 3.21. The molecule has 2 aliphatic heterocycles. The highest BCUT2D eigenvalue weighted by Crippen LogP contribution is 2.38. The maximum Gasteiger partial charge on any atom is 0.416 e. The summed E-state index contributed by atoms with van der Waals surface area (Å²) in [6.07, 6.45) is -2.13. The monoisotopic (exact) mass is 493 g/mol. The van der Waals surface area contributed by atoms with Gasteiger partial charge in [0.25, 0.3) is 0 Å². The van der Waals surface area contributed by atoms with Crippen LogP contribution in [0.1, 0.15) is 24.0 Å². The molecule has 1 aromatic carbocycles. The van der Waals surface area contributed by atoms with E-state index in [4.69, 9.17) is 4.74 Å². The van der Waals surface area contributed by atoms with Crippen molar-refractivity contribution >= 4 is 29.9 Å². The van der Waals surface area contributed by atoms with Crippen molar-refractivity contribution in [1.29, 1.82) is 0 Å². The molecule has 148 valence electrons. The van der Waals surface area contributed by atoms with Crippen molar-refractivity contribution in [2.75, 3.05) is 39.9 Å². The van der Waals surface area contributed by atoms with Crippen molar-refractivity contribution in [2.45, 2.75) is 19.0 Å². The first kappa shape index (κ1) is 21.8. The van der Waals surface area contributed by atoms with Crippen LogP contribution >= 0.6 is 24.0 Å². The molecular formula is C19H23F3IN3O. The molecule has 0 amide bonds. The fourth-order valence-electron chi connectivity index (χ4n) is 3.43. The van der Waals surface area contributed by atoms with E-state index in [1.54, 1.807) is 7.05 Å². The highest BCUT2D eigenvalue weighted by atomic mass is 127. The lowest BCUT2D eigenvalue weighted by Crippen LogP contribution is -2.41. The Morgan fingerprint density at radius 2 is 2.04 bits per heavy atom. The van der Waals surface area contributed by atoms with Gasteiger partial charge in [0.1, 0.15) is 0 Å². The minimum Gasteiger partial charge on any atom is -0.381 e. The van der Waals surface area contributed by atoms with E-state index in [-0.39, 0.29) is 29.4 Å². The predicted molar refractivity (Wildman–Crippen MR) is 109 cm³/mol. The van der Waals surface area contributed by atoms with Crippen molar-refractivity contribution in [3.05, 3.63) is 35.4 Å². The second-order valence-corrected chi connectivity index (χ2v) is 6.75. The van der Waals surface area contributed by atoms with Gasteiger partial charge in [-0.05, 0) is 37.1 Å². The van der Waals surface area contributed by atoms with Crippen LogP contribution in [0, 0.1) is 17.3 Å². The standard InChI is InChI=1S/C19H22F3N3O.HI/c1-23-17(25-11-8-18(13-25)9-12-26-14-18)24-10-2-3-15-4-6-16(7-5-15)19(20,21)22;/h4-7H,8-14H2,1H3,(H,23,24);1H. The van der Waals surface area contributed by atoms with E-state index in [2.05, 4.69) is 27.0 Å². The van der Waals surface area contributed by atoms with Gasteiger partial charge >= 0.3 is 6.18 Å². The molecule has 0 bridgehead atoms. The summed E-state index contributed by atoms with van der Waals surface area (Å²) in [6, 6.07) is 4.86. The Kier molecular flexibility index (Phi) is 7.40. The third-order valence-corrected chi connectivity index (χ3v) is 4.91. The third-order valence-electron chi connectivity index (χ3n) is 4.91. The van der Waals surface area contributed by atoms with Gasteiger partial charge in [0.05, 0.1) is 18.7 Å². The van der Waals surface area contributed by atoms with Gasteiger partial charge in [0.15, 0.2) is 5.96 Å². The highest BCUT2D eigenvalue weighted by molar-refractivity contribution is 14.0. The van der Waals surface area contributed by atoms with Gasteiger partial charge in [-0.1, -0.05) is 11.8 Å². The average Bonchev–Trinajstić information content (AvgIpc) is 3.25. The molecule has 4 nitrogen and oxygen atoms in total. The van der Waals surface area contributed by atoms with E-state index >= 15 is 0 Å². The van der Waals surface area contributed by atoms with Gasteiger partial charge in [-0.2, -0.15) is 13.2 Å². The summed E-state index contributed by atoms with van der Waals surface area (Å²) in [5.74, 6) is 6.60. The first-order valence-electron chi connectivity index (χ1n) is 8.61. The molecule has 3 rings (SSSR count). The van der Waals surface area contributed by atoms with Crippen LogP contribution in [0.4, 0.5) is 13.2 Å². The average molecular weight is 493 g/mol. The first-order valence-corrected chi connectivity index (χ1v) is 8.61. The Morgan fingerprint density at radius 1 is 1.30 bits per heavy atom. The largest absolute Gasteiger partial charge is 0.416 e. The molecule has 2 aliphatic rings. The van der Waals surface area contributed by atoms with Crippen molar-refractivity contribution in [3.8, 4) is 11.8 Å². The molecule has 1 spiro atoms. The van der Waals surface area contributed by atoms with Crippen LogP contribution in [0.3, 0.4) is 0 Å². The predicted octanol–water partition coefficient (Wildman–Crippen LogP) is 3.36. The quantitative estimate of drug-likeness (QED) is 0.282. The second-order valence-electron chi connectivity index (χ2n) is 6.75. The number of hydrogen-bond acceptors (Lipinski definition) is 2. The van der Waals surface area contributed by atoms with Gasteiger partial charge in [0.2, 0.25) is 0 Å². The molecule has 1 aromatic rings. The third kappa shape index (κ3) is 5.51. The molecule has 1 atom stereocenters. The van der Waals surface area contributed by atoms with Crippen LogP contribution in [0.5, 0.6) is 0 Å². The summed E-state index contributed by atoms with van der Waals surface area (Å²) >= 11 is 0. The SMILES string of the molecule is CN=C(NCC#Cc1ccc(C(F)(F)F)cc1)N1CCC2(CCOC2)C1.I. The summed E-state index contributed by atoms with van der Waals surface area (Å²) < 4.78 is 43.2. The van der Waals surface area contributed by atoms with Crippen LogP contribution in [0.2, 0.25) is 0 Å². The smallest absolute Gasteiger partial charge is 0.381 e. The number of benzene rings is 1. The number of nitrogens with zero attached hydrogens (tertiary/aromatic N) is 2. The Bertz CT molecular complexity index is 716. The van der Waals surface area contributed by atoms with E-state index in [9.17, 15) is 13.2 Å².